The highest BCUT2D eigenvalue weighted by molar-refractivity contribution is 7.95. The van der Waals surface area contributed by atoms with Crippen LogP contribution in [0, 0.1) is 23.9 Å². The summed E-state index contributed by atoms with van der Waals surface area (Å²) in [5.41, 5.74) is 0.763. The molecule has 1 rings (SSSR count). The van der Waals surface area contributed by atoms with E-state index in [1.165, 1.54) is 12.1 Å². The van der Waals surface area contributed by atoms with Gasteiger partial charge in [-0.05, 0) is 25.0 Å². The first-order chi connectivity index (χ1) is 6.40. The first kappa shape index (κ1) is 10.7. The van der Waals surface area contributed by atoms with Gasteiger partial charge in [0.25, 0.3) is 0 Å². The Labute approximate surface area is 82.7 Å². The molecular weight excluding hydrogens is 203 g/mol. The van der Waals surface area contributed by atoms with E-state index in [0.29, 0.717) is 11.1 Å². The molecule has 0 spiro atoms. The molecule has 0 saturated heterocycles. The number of hydrogen-bond donors (Lipinski definition) is 0. The highest BCUT2D eigenvalue weighted by Crippen LogP contribution is 2.10. The van der Waals surface area contributed by atoms with Crippen molar-refractivity contribution in [1.82, 2.24) is 0 Å². The summed E-state index contributed by atoms with van der Waals surface area (Å²) in [6.45, 7) is 1.56. The highest BCUT2D eigenvalue weighted by atomic mass is 32.2. The second-order valence-corrected chi connectivity index (χ2v) is 4.66. The molecule has 0 bridgehead atoms. The molecule has 0 aliphatic heterocycles. The average Bonchev–Trinajstić information content (AvgIpc) is 2.06. The molecule has 2 nitrogen and oxygen atoms in total. The Morgan fingerprint density at radius 3 is 2.57 bits per heavy atom. The van der Waals surface area contributed by atoms with Crippen LogP contribution in [-0.4, -0.2) is 14.7 Å². The van der Waals surface area contributed by atoms with Gasteiger partial charge in [0, 0.05) is 16.4 Å². The summed E-state index contributed by atoms with van der Waals surface area (Å²) in [4.78, 5) is 0. The van der Waals surface area contributed by atoms with Gasteiger partial charge in [0.1, 0.15) is 5.82 Å². The van der Waals surface area contributed by atoms with Crippen LogP contribution in [0.4, 0.5) is 4.39 Å². The third kappa shape index (κ3) is 2.86. The molecule has 0 aliphatic carbocycles. The van der Waals surface area contributed by atoms with Gasteiger partial charge >= 0.3 is 0 Å². The number of sulfone groups is 1. The first-order valence-corrected chi connectivity index (χ1v) is 5.77. The molecule has 0 atom stereocenters. The summed E-state index contributed by atoms with van der Waals surface area (Å²) in [7, 11) is -3.34. The Kier molecular flexibility index (Phi) is 2.92. The van der Waals surface area contributed by atoms with E-state index >= 15 is 0 Å². The molecule has 0 N–H and O–H groups in total. The van der Waals surface area contributed by atoms with Crippen LogP contribution in [-0.2, 0) is 9.84 Å². The molecule has 0 heterocycles. The fraction of sp³-hybridized carbons (Fsp3) is 0.200. The predicted octanol–water partition coefficient (Wildman–Crippen LogP) is 1.49. The maximum Gasteiger partial charge on any atom is 0.214 e. The molecule has 1 aromatic rings. The van der Waals surface area contributed by atoms with E-state index in [1.807, 2.05) is 0 Å². The third-order valence-corrected chi connectivity index (χ3v) is 2.11. The Morgan fingerprint density at radius 2 is 2.00 bits per heavy atom. The number of rotatable bonds is 0. The second kappa shape index (κ2) is 3.81. The van der Waals surface area contributed by atoms with Crippen LogP contribution in [0.2, 0.25) is 0 Å². The van der Waals surface area contributed by atoms with Crippen LogP contribution in [0.15, 0.2) is 18.2 Å². The Hall–Kier alpha value is -1.34. The number of hydrogen-bond acceptors (Lipinski definition) is 2. The van der Waals surface area contributed by atoms with Crippen molar-refractivity contribution >= 4 is 9.84 Å². The largest absolute Gasteiger partial charge is 0.216 e. The summed E-state index contributed by atoms with van der Waals surface area (Å²) < 4.78 is 34.4. The lowest BCUT2D eigenvalue weighted by Crippen LogP contribution is -1.91. The lowest BCUT2D eigenvalue weighted by molar-refractivity contribution is 0.611. The van der Waals surface area contributed by atoms with Gasteiger partial charge in [-0.2, -0.15) is 0 Å². The van der Waals surface area contributed by atoms with Crippen molar-refractivity contribution in [3.8, 4) is 11.2 Å². The Morgan fingerprint density at radius 1 is 1.36 bits per heavy atom. The van der Waals surface area contributed by atoms with Crippen LogP contribution in [0.1, 0.15) is 11.1 Å². The average molecular weight is 212 g/mol. The minimum Gasteiger partial charge on any atom is -0.216 e. The monoisotopic (exact) mass is 212 g/mol. The quantitative estimate of drug-likeness (QED) is 0.610. The predicted molar refractivity (Wildman–Crippen MR) is 52.9 cm³/mol. The van der Waals surface area contributed by atoms with Crippen molar-refractivity contribution in [3.63, 3.8) is 0 Å². The van der Waals surface area contributed by atoms with Gasteiger partial charge in [0.05, 0.1) is 6.26 Å². The minimum atomic E-state index is -3.34. The van der Waals surface area contributed by atoms with E-state index in [-0.39, 0.29) is 5.82 Å². The van der Waals surface area contributed by atoms with E-state index in [4.69, 9.17) is 0 Å². The zero-order chi connectivity index (χ0) is 10.8. The maximum absolute atomic E-state index is 13.0. The molecule has 14 heavy (non-hydrogen) atoms. The standard InChI is InChI=1S/C10H9FO2S/c1-8-9(4-3-5-10(8)11)6-7-14(2,12)13/h3-5H,1-2H3. The van der Waals surface area contributed by atoms with Crippen LogP contribution >= 0.6 is 0 Å². The van der Waals surface area contributed by atoms with E-state index < -0.39 is 9.84 Å². The zero-order valence-electron chi connectivity index (χ0n) is 7.83. The topological polar surface area (TPSA) is 34.1 Å². The van der Waals surface area contributed by atoms with Gasteiger partial charge in [0.15, 0.2) is 0 Å². The van der Waals surface area contributed by atoms with E-state index in [9.17, 15) is 12.8 Å². The zero-order valence-corrected chi connectivity index (χ0v) is 8.65. The van der Waals surface area contributed by atoms with Crippen molar-refractivity contribution in [3.05, 3.63) is 35.1 Å². The lowest BCUT2D eigenvalue weighted by Gasteiger charge is -1.97. The van der Waals surface area contributed by atoms with Crippen molar-refractivity contribution in [2.24, 2.45) is 0 Å². The minimum absolute atomic E-state index is 0.364. The second-order valence-electron chi connectivity index (χ2n) is 2.91. The van der Waals surface area contributed by atoms with Crippen LogP contribution in [0.5, 0.6) is 0 Å². The van der Waals surface area contributed by atoms with Crippen molar-refractivity contribution in [2.75, 3.05) is 6.26 Å². The molecule has 1 aromatic carbocycles. The molecule has 0 amide bonds. The van der Waals surface area contributed by atoms with Gasteiger partial charge in [-0.25, -0.2) is 12.8 Å². The van der Waals surface area contributed by atoms with Crippen molar-refractivity contribution in [1.29, 1.82) is 0 Å². The van der Waals surface area contributed by atoms with Gasteiger partial charge in [-0.1, -0.05) is 6.07 Å². The fourth-order valence-electron chi connectivity index (χ4n) is 0.891. The van der Waals surface area contributed by atoms with Crippen LogP contribution in [0.3, 0.4) is 0 Å². The van der Waals surface area contributed by atoms with Crippen molar-refractivity contribution in [2.45, 2.75) is 6.92 Å². The summed E-state index contributed by atoms with van der Waals surface area (Å²) in [5, 5.41) is 2.06. The first-order valence-electron chi connectivity index (χ1n) is 3.88. The Balaban J connectivity index is 3.21. The van der Waals surface area contributed by atoms with Crippen LogP contribution < -0.4 is 0 Å². The lowest BCUT2D eigenvalue weighted by atomic mass is 10.1. The molecule has 0 aliphatic rings. The van der Waals surface area contributed by atoms with Crippen LogP contribution in [0.25, 0.3) is 0 Å². The number of benzene rings is 1. The fourth-order valence-corrected chi connectivity index (χ4v) is 1.19. The molecule has 0 radical (unpaired) electrons. The van der Waals surface area contributed by atoms with E-state index in [0.717, 1.165) is 6.26 Å². The van der Waals surface area contributed by atoms with Gasteiger partial charge in [-0.3, -0.25) is 0 Å². The molecule has 0 saturated carbocycles. The molecule has 0 fully saturated rings. The molecular formula is C10H9FO2S. The maximum atomic E-state index is 13.0. The SMILES string of the molecule is Cc1c(F)cccc1C#CS(C)(=O)=O. The highest BCUT2D eigenvalue weighted by Gasteiger charge is 2.00. The summed E-state index contributed by atoms with van der Waals surface area (Å²) in [6, 6.07) is 4.38. The third-order valence-electron chi connectivity index (χ3n) is 1.64. The smallest absolute Gasteiger partial charge is 0.214 e. The normalized spacial score (nSPS) is 10.5. The molecule has 0 aromatic heterocycles. The molecule has 4 heteroatoms. The summed E-state index contributed by atoms with van der Waals surface area (Å²) in [5.74, 6) is 2.03. The van der Waals surface area contributed by atoms with E-state index in [1.54, 1.807) is 13.0 Å². The number of halogens is 1. The van der Waals surface area contributed by atoms with E-state index in [2.05, 4.69) is 11.2 Å². The Bertz CT molecular complexity index is 507. The van der Waals surface area contributed by atoms with Gasteiger partial charge < -0.3 is 0 Å². The van der Waals surface area contributed by atoms with Crippen molar-refractivity contribution < 1.29 is 12.8 Å². The molecule has 0 unspecified atom stereocenters. The molecule has 74 valence electrons. The summed E-state index contributed by atoms with van der Waals surface area (Å²) in [6.07, 6.45) is 1.01. The summed E-state index contributed by atoms with van der Waals surface area (Å²) >= 11 is 0. The van der Waals surface area contributed by atoms with Gasteiger partial charge in [0.2, 0.25) is 9.84 Å². The van der Waals surface area contributed by atoms with Gasteiger partial charge in [-0.15, -0.1) is 0 Å².